The summed E-state index contributed by atoms with van der Waals surface area (Å²) >= 11 is 1.15. The fourth-order valence-electron chi connectivity index (χ4n) is 2.04. The van der Waals surface area contributed by atoms with Gasteiger partial charge in [0.15, 0.2) is 0 Å². The number of hydrogen-bond donors (Lipinski definition) is 1. The van der Waals surface area contributed by atoms with Crippen LogP contribution >= 0.6 is 11.3 Å². The van der Waals surface area contributed by atoms with Gasteiger partial charge in [-0.2, -0.15) is 0 Å². The van der Waals surface area contributed by atoms with E-state index in [1.54, 1.807) is 20.8 Å². The third-order valence-electron chi connectivity index (χ3n) is 3.28. The fraction of sp³-hybridized carbons (Fsp3) is 0.250. The predicted molar refractivity (Wildman–Crippen MR) is 84.1 cm³/mol. The lowest BCUT2D eigenvalue weighted by atomic mass is 10.1. The van der Waals surface area contributed by atoms with Crippen molar-refractivity contribution in [3.8, 4) is 0 Å². The molecule has 7 heteroatoms. The summed E-state index contributed by atoms with van der Waals surface area (Å²) in [6, 6.07) is 3.16. The molecule has 23 heavy (non-hydrogen) atoms. The molecule has 0 unspecified atom stereocenters. The monoisotopic (exact) mass is 339 g/mol. The van der Waals surface area contributed by atoms with E-state index >= 15 is 0 Å². The van der Waals surface area contributed by atoms with Crippen molar-refractivity contribution in [1.82, 2.24) is 0 Å². The first-order valence-electron chi connectivity index (χ1n) is 6.89. The Labute approximate surface area is 136 Å². The summed E-state index contributed by atoms with van der Waals surface area (Å²) in [6.07, 6.45) is 0. The Kier molecular flexibility index (Phi) is 5.10. The van der Waals surface area contributed by atoms with Crippen LogP contribution in [0.1, 0.15) is 38.1 Å². The highest BCUT2D eigenvalue weighted by molar-refractivity contribution is 7.16. The second-order valence-electron chi connectivity index (χ2n) is 4.76. The van der Waals surface area contributed by atoms with Crippen LogP contribution in [0.5, 0.6) is 0 Å². The predicted octanol–water partition coefficient (Wildman–Crippen LogP) is 4.07. The number of carbonyl (C=O) groups excluding carboxylic acids is 2. The van der Waals surface area contributed by atoms with Crippen LogP contribution in [-0.4, -0.2) is 18.5 Å². The first-order valence-corrected chi connectivity index (χ1v) is 7.70. The van der Waals surface area contributed by atoms with Gasteiger partial charge in [0.25, 0.3) is 5.91 Å². The number of halogens is 2. The normalized spacial score (nSPS) is 10.5. The molecule has 4 nitrogen and oxygen atoms in total. The molecule has 0 saturated carbocycles. The first kappa shape index (κ1) is 17.1. The molecule has 1 amide bonds. The lowest BCUT2D eigenvalue weighted by Crippen LogP contribution is -2.17. The fourth-order valence-corrected chi connectivity index (χ4v) is 3.09. The Bertz CT molecular complexity index is 751. The van der Waals surface area contributed by atoms with Crippen LogP contribution < -0.4 is 5.32 Å². The number of hydrogen-bond acceptors (Lipinski definition) is 4. The number of carbonyl (C=O) groups is 2. The van der Waals surface area contributed by atoms with Gasteiger partial charge in [0.2, 0.25) is 0 Å². The van der Waals surface area contributed by atoms with Crippen molar-refractivity contribution in [2.45, 2.75) is 20.8 Å². The van der Waals surface area contributed by atoms with Crippen LogP contribution in [0.4, 0.5) is 13.8 Å². The van der Waals surface area contributed by atoms with Gasteiger partial charge in [0.05, 0.1) is 12.2 Å². The quantitative estimate of drug-likeness (QED) is 0.854. The van der Waals surface area contributed by atoms with Crippen molar-refractivity contribution in [3.05, 3.63) is 51.4 Å². The summed E-state index contributed by atoms with van der Waals surface area (Å²) in [5, 5.41) is 2.62. The number of benzene rings is 1. The molecule has 0 aliphatic heterocycles. The van der Waals surface area contributed by atoms with Crippen LogP contribution in [0, 0.1) is 25.5 Å². The van der Waals surface area contributed by atoms with E-state index in [0.29, 0.717) is 5.56 Å². The Morgan fingerprint density at radius 3 is 2.35 bits per heavy atom. The third-order valence-corrected chi connectivity index (χ3v) is 4.40. The maximum absolute atomic E-state index is 13.7. The summed E-state index contributed by atoms with van der Waals surface area (Å²) < 4.78 is 32.3. The minimum absolute atomic E-state index is 0.183. The molecule has 1 N–H and O–H groups in total. The van der Waals surface area contributed by atoms with Gasteiger partial charge in [-0.1, -0.05) is 6.07 Å². The van der Waals surface area contributed by atoms with E-state index < -0.39 is 29.1 Å². The average molecular weight is 339 g/mol. The highest BCUT2D eigenvalue weighted by Gasteiger charge is 2.24. The zero-order valence-electron chi connectivity index (χ0n) is 12.8. The Morgan fingerprint density at radius 2 is 1.78 bits per heavy atom. The number of aryl methyl sites for hydroxylation is 1. The van der Waals surface area contributed by atoms with E-state index in [1.165, 1.54) is 6.07 Å². The van der Waals surface area contributed by atoms with E-state index in [4.69, 9.17) is 4.74 Å². The lowest BCUT2D eigenvalue weighted by molar-refractivity contribution is 0.0527. The average Bonchev–Trinajstić information content (AvgIpc) is 2.73. The van der Waals surface area contributed by atoms with E-state index in [-0.39, 0.29) is 17.2 Å². The molecule has 0 spiro atoms. The summed E-state index contributed by atoms with van der Waals surface area (Å²) in [5.74, 6) is -3.47. The Hall–Kier alpha value is -2.28. The van der Waals surface area contributed by atoms with Crippen LogP contribution in [0.2, 0.25) is 0 Å². The minimum atomic E-state index is -0.967. The maximum Gasteiger partial charge on any atom is 0.341 e. The van der Waals surface area contributed by atoms with Gasteiger partial charge < -0.3 is 10.1 Å². The number of esters is 1. The van der Waals surface area contributed by atoms with E-state index in [9.17, 15) is 18.4 Å². The lowest BCUT2D eigenvalue weighted by Gasteiger charge is -2.08. The summed E-state index contributed by atoms with van der Waals surface area (Å²) in [7, 11) is 0. The van der Waals surface area contributed by atoms with Crippen molar-refractivity contribution in [2.75, 3.05) is 11.9 Å². The van der Waals surface area contributed by atoms with Crippen molar-refractivity contribution < 1.29 is 23.1 Å². The smallest absolute Gasteiger partial charge is 0.341 e. The first-order chi connectivity index (χ1) is 10.9. The van der Waals surface area contributed by atoms with E-state index in [2.05, 4.69) is 5.32 Å². The third kappa shape index (κ3) is 3.39. The molecule has 2 aromatic rings. The van der Waals surface area contributed by atoms with Crippen LogP contribution in [0.25, 0.3) is 0 Å². The SMILES string of the molecule is CCOC(=O)c1c(NC(=O)c2c(F)cccc2F)sc(C)c1C. The highest BCUT2D eigenvalue weighted by Crippen LogP contribution is 2.33. The van der Waals surface area contributed by atoms with Crippen LogP contribution in [0.3, 0.4) is 0 Å². The number of anilines is 1. The highest BCUT2D eigenvalue weighted by atomic mass is 32.1. The summed E-state index contributed by atoms with van der Waals surface area (Å²) in [4.78, 5) is 25.0. The van der Waals surface area contributed by atoms with Crippen molar-refractivity contribution in [1.29, 1.82) is 0 Å². The molecular formula is C16H15F2NO3S. The standard InChI is InChI=1S/C16H15F2NO3S/c1-4-22-16(21)12-8(2)9(3)23-15(12)19-14(20)13-10(17)6-5-7-11(13)18/h5-7H,4H2,1-3H3,(H,19,20). The van der Waals surface area contributed by atoms with Gasteiger partial charge in [0.1, 0.15) is 22.2 Å². The zero-order chi connectivity index (χ0) is 17.1. The molecular weight excluding hydrogens is 324 g/mol. The molecule has 0 saturated heterocycles. The number of amides is 1. The molecule has 1 heterocycles. The molecule has 2 rings (SSSR count). The molecule has 0 aliphatic rings. The van der Waals surface area contributed by atoms with Gasteiger partial charge in [-0.3, -0.25) is 4.79 Å². The Morgan fingerprint density at radius 1 is 1.17 bits per heavy atom. The van der Waals surface area contributed by atoms with Gasteiger partial charge in [-0.15, -0.1) is 11.3 Å². The topological polar surface area (TPSA) is 55.4 Å². The van der Waals surface area contributed by atoms with Crippen molar-refractivity contribution in [2.24, 2.45) is 0 Å². The summed E-state index contributed by atoms with van der Waals surface area (Å²) in [5.41, 5.74) is 0.184. The number of thiophene rings is 1. The van der Waals surface area contributed by atoms with Gasteiger partial charge in [0, 0.05) is 4.88 Å². The van der Waals surface area contributed by atoms with Crippen molar-refractivity contribution in [3.63, 3.8) is 0 Å². The molecule has 122 valence electrons. The Balaban J connectivity index is 2.39. The zero-order valence-corrected chi connectivity index (χ0v) is 13.6. The molecule has 0 radical (unpaired) electrons. The summed E-state index contributed by atoms with van der Waals surface area (Å²) in [6.45, 7) is 5.35. The molecule has 0 bridgehead atoms. The maximum atomic E-state index is 13.7. The molecule has 0 fully saturated rings. The number of nitrogens with one attached hydrogen (secondary N) is 1. The second kappa shape index (κ2) is 6.87. The van der Waals surface area contributed by atoms with Gasteiger partial charge >= 0.3 is 5.97 Å². The second-order valence-corrected chi connectivity index (χ2v) is 5.98. The number of rotatable bonds is 4. The largest absolute Gasteiger partial charge is 0.462 e. The van der Waals surface area contributed by atoms with Gasteiger partial charge in [-0.25, -0.2) is 13.6 Å². The van der Waals surface area contributed by atoms with Crippen molar-refractivity contribution >= 4 is 28.2 Å². The minimum Gasteiger partial charge on any atom is -0.462 e. The molecule has 1 aromatic carbocycles. The van der Waals surface area contributed by atoms with Gasteiger partial charge in [-0.05, 0) is 38.5 Å². The number of ether oxygens (including phenoxy) is 1. The molecule has 1 aromatic heterocycles. The molecule has 0 atom stereocenters. The van der Waals surface area contributed by atoms with E-state index in [1.807, 2.05) is 0 Å². The molecule has 0 aliphatic carbocycles. The van der Waals surface area contributed by atoms with E-state index in [0.717, 1.165) is 28.3 Å². The van der Waals surface area contributed by atoms with Crippen LogP contribution in [-0.2, 0) is 4.74 Å². The van der Waals surface area contributed by atoms with Crippen LogP contribution in [0.15, 0.2) is 18.2 Å².